The fraction of sp³-hybridized carbons (Fsp3) is 0.294. The summed E-state index contributed by atoms with van der Waals surface area (Å²) >= 11 is 4.04. The minimum Gasteiger partial charge on any atom is -0.493 e. The van der Waals surface area contributed by atoms with E-state index in [0.717, 1.165) is 4.90 Å². The molecule has 9 nitrogen and oxygen atoms in total. The van der Waals surface area contributed by atoms with E-state index in [1.54, 1.807) is 12.1 Å². The predicted octanol–water partition coefficient (Wildman–Crippen LogP) is 2.22. The summed E-state index contributed by atoms with van der Waals surface area (Å²) in [5, 5.41) is -0.564. The van der Waals surface area contributed by atoms with E-state index in [4.69, 9.17) is 9.47 Å². The molecule has 0 aliphatic carbocycles. The van der Waals surface area contributed by atoms with Gasteiger partial charge < -0.3 is 18.9 Å². The highest BCUT2D eigenvalue weighted by atomic mass is 79.9. The Morgan fingerprint density at radius 1 is 1.14 bits per heavy atom. The molecule has 1 saturated heterocycles. The molecule has 2 amide bonds. The Bertz CT molecular complexity index is 854. The van der Waals surface area contributed by atoms with Crippen LogP contribution in [0.2, 0.25) is 0 Å². The summed E-state index contributed by atoms with van der Waals surface area (Å²) in [6, 6.07) is 3.20. The minimum atomic E-state index is -0.694. The van der Waals surface area contributed by atoms with Gasteiger partial charge in [0.2, 0.25) is 0 Å². The van der Waals surface area contributed by atoms with E-state index < -0.39 is 29.6 Å². The third kappa shape index (κ3) is 5.04. The summed E-state index contributed by atoms with van der Waals surface area (Å²) in [4.78, 5) is 47.9. The number of benzene rings is 1. The lowest BCUT2D eigenvalue weighted by Gasteiger charge is -2.13. The number of hydrogen-bond acceptors (Lipinski definition) is 9. The number of rotatable bonds is 7. The van der Waals surface area contributed by atoms with Crippen molar-refractivity contribution < 1.29 is 38.1 Å². The molecule has 0 bridgehead atoms. The molecule has 0 aromatic heterocycles. The number of halogens is 1. The molecule has 1 heterocycles. The highest BCUT2D eigenvalue weighted by Crippen LogP contribution is 2.39. The van der Waals surface area contributed by atoms with E-state index >= 15 is 0 Å². The van der Waals surface area contributed by atoms with Gasteiger partial charge in [-0.15, -0.1) is 0 Å². The van der Waals surface area contributed by atoms with E-state index in [0.29, 0.717) is 27.5 Å². The Labute approximate surface area is 173 Å². The molecule has 0 radical (unpaired) electrons. The van der Waals surface area contributed by atoms with Crippen molar-refractivity contribution in [2.75, 3.05) is 34.5 Å². The minimum absolute atomic E-state index is 0.145. The number of nitrogens with zero attached hydrogens (tertiary/aromatic N) is 1. The van der Waals surface area contributed by atoms with E-state index in [2.05, 4.69) is 25.4 Å². The number of ether oxygens (including phenoxy) is 4. The fourth-order valence-electron chi connectivity index (χ4n) is 2.13. The lowest BCUT2D eigenvalue weighted by molar-refractivity contribution is -0.143. The number of esters is 2. The second-order valence-electron chi connectivity index (χ2n) is 5.24. The van der Waals surface area contributed by atoms with Gasteiger partial charge in [-0.05, 0) is 51.5 Å². The van der Waals surface area contributed by atoms with Crippen LogP contribution < -0.4 is 9.47 Å². The fourth-order valence-corrected chi connectivity index (χ4v) is 3.55. The number of thioether (sulfide) groups is 1. The van der Waals surface area contributed by atoms with Gasteiger partial charge in [0.1, 0.15) is 6.54 Å². The Morgan fingerprint density at radius 3 is 2.43 bits per heavy atom. The molecule has 0 spiro atoms. The normalized spacial score (nSPS) is 15.0. The Hall–Kier alpha value is -2.53. The molecule has 0 saturated carbocycles. The predicted molar refractivity (Wildman–Crippen MR) is 103 cm³/mol. The lowest BCUT2D eigenvalue weighted by Crippen LogP contribution is -2.34. The highest BCUT2D eigenvalue weighted by molar-refractivity contribution is 9.10. The summed E-state index contributed by atoms with van der Waals surface area (Å²) in [6.07, 6.45) is 1.49. The van der Waals surface area contributed by atoms with Crippen molar-refractivity contribution in [1.29, 1.82) is 0 Å². The average molecular weight is 474 g/mol. The quantitative estimate of drug-likeness (QED) is 0.434. The first-order valence-electron chi connectivity index (χ1n) is 7.70. The average Bonchev–Trinajstić information content (AvgIpc) is 2.93. The number of hydrogen-bond donors (Lipinski definition) is 0. The Morgan fingerprint density at radius 2 is 1.82 bits per heavy atom. The van der Waals surface area contributed by atoms with Gasteiger partial charge in [0.05, 0.1) is 30.7 Å². The van der Waals surface area contributed by atoms with Gasteiger partial charge in [-0.1, -0.05) is 0 Å². The molecular formula is C17H16BrNO8S. The van der Waals surface area contributed by atoms with Crippen molar-refractivity contribution in [1.82, 2.24) is 4.90 Å². The second kappa shape index (κ2) is 9.60. The molecule has 1 aromatic carbocycles. The first-order chi connectivity index (χ1) is 13.3. The molecule has 0 atom stereocenters. The van der Waals surface area contributed by atoms with E-state index in [1.165, 1.54) is 27.4 Å². The van der Waals surface area contributed by atoms with Crippen LogP contribution in [-0.2, 0) is 23.9 Å². The first-order valence-corrected chi connectivity index (χ1v) is 9.31. The highest BCUT2D eigenvalue weighted by Gasteiger charge is 2.36. The maximum atomic E-state index is 12.4. The topological polar surface area (TPSA) is 108 Å². The van der Waals surface area contributed by atoms with Gasteiger partial charge in [-0.3, -0.25) is 19.3 Å². The van der Waals surface area contributed by atoms with Gasteiger partial charge in [0.15, 0.2) is 18.1 Å². The van der Waals surface area contributed by atoms with Crippen LogP contribution in [0.25, 0.3) is 6.08 Å². The largest absolute Gasteiger partial charge is 0.493 e. The number of methoxy groups -OCH3 is 3. The number of amides is 2. The van der Waals surface area contributed by atoms with Gasteiger partial charge >= 0.3 is 11.9 Å². The third-order valence-electron chi connectivity index (χ3n) is 3.50. The van der Waals surface area contributed by atoms with Crippen molar-refractivity contribution >= 4 is 56.9 Å². The summed E-state index contributed by atoms with van der Waals surface area (Å²) in [7, 11) is 3.83. The zero-order valence-corrected chi connectivity index (χ0v) is 17.5. The molecule has 0 N–H and O–H groups in total. The Balaban J connectivity index is 2.27. The lowest BCUT2D eigenvalue weighted by atomic mass is 10.2. The summed E-state index contributed by atoms with van der Waals surface area (Å²) < 4.78 is 20.1. The molecule has 2 rings (SSSR count). The summed E-state index contributed by atoms with van der Waals surface area (Å²) in [6.45, 7) is -0.761. The molecule has 0 unspecified atom stereocenters. The van der Waals surface area contributed by atoms with Crippen LogP contribution in [0.4, 0.5) is 4.79 Å². The van der Waals surface area contributed by atoms with Crippen molar-refractivity contribution in [3.63, 3.8) is 0 Å². The van der Waals surface area contributed by atoms with Crippen LogP contribution in [0.15, 0.2) is 21.5 Å². The third-order valence-corrected chi connectivity index (χ3v) is 5.00. The van der Waals surface area contributed by atoms with Gasteiger partial charge in [-0.25, -0.2) is 4.79 Å². The van der Waals surface area contributed by atoms with Crippen molar-refractivity contribution in [2.24, 2.45) is 0 Å². The summed E-state index contributed by atoms with van der Waals surface area (Å²) in [5.41, 5.74) is 0.540. The number of carbonyl (C=O) groups excluding carboxylic acids is 4. The van der Waals surface area contributed by atoms with Gasteiger partial charge in [0.25, 0.3) is 11.1 Å². The maximum absolute atomic E-state index is 12.4. The van der Waals surface area contributed by atoms with Crippen LogP contribution in [-0.4, -0.2) is 62.5 Å². The van der Waals surface area contributed by atoms with Crippen molar-refractivity contribution in [3.8, 4) is 11.5 Å². The SMILES string of the molecule is COC(=O)COc1c(Br)cc(/C=C2/SC(=O)N(CC(=O)OC)C2=O)cc1OC. The van der Waals surface area contributed by atoms with Crippen LogP contribution in [0.3, 0.4) is 0 Å². The zero-order chi connectivity index (χ0) is 20.8. The smallest absolute Gasteiger partial charge is 0.343 e. The number of imide groups is 1. The molecule has 1 aliphatic rings. The standard InChI is InChI=1S/C17H16BrNO8S/c1-24-11-5-9(4-10(18)15(11)27-8-14(21)26-3)6-12-16(22)19(17(23)28-12)7-13(20)25-2/h4-6H,7-8H2,1-3H3/b12-6+. The maximum Gasteiger partial charge on any atom is 0.343 e. The van der Waals surface area contributed by atoms with E-state index in [1.807, 2.05) is 0 Å². The molecule has 11 heteroatoms. The van der Waals surface area contributed by atoms with E-state index in [-0.39, 0.29) is 17.3 Å². The summed E-state index contributed by atoms with van der Waals surface area (Å²) in [5.74, 6) is -1.26. The molecule has 150 valence electrons. The molecule has 28 heavy (non-hydrogen) atoms. The second-order valence-corrected chi connectivity index (χ2v) is 7.09. The first kappa shape index (κ1) is 21.8. The molecular weight excluding hydrogens is 458 g/mol. The Kier molecular flexibility index (Phi) is 7.46. The van der Waals surface area contributed by atoms with E-state index in [9.17, 15) is 19.2 Å². The van der Waals surface area contributed by atoms with Crippen LogP contribution in [0, 0.1) is 0 Å². The monoisotopic (exact) mass is 473 g/mol. The van der Waals surface area contributed by atoms with Gasteiger partial charge in [0, 0.05) is 0 Å². The zero-order valence-electron chi connectivity index (χ0n) is 15.1. The number of carbonyl (C=O) groups is 4. The van der Waals surface area contributed by atoms with Crippen LogP contribution >= 0.6 is 27.7 Å². The van der Waals surface area contributed by atoms with Crippen LogP contribution in [0.1, 0.15) is 5.56 Å². The van der Waals surface area contributed by atoms with Crippen LogP contribution in [0.5, 0.6) is 11.5 Å². The molecule has 1 fully saturated rings. The molecule has 1 aromatic rings. The van der Waals surface area contributed by atoms with Crippen molar-refractivity contribution in [2.45, 2.75) is 0 Å². The molecule has 1 aliphatic heterocycles. The van der Waals surface area contributed by atoms with Crippen molar-refractivity contribution in [3.05, 3.63) is 27.1 Å². The van der Waals surface area contributed by atoms with Gasteiger partial charge in [-0.2, -0.15) is 0 Å².